The van der Waals surface area contributed by atoms with E-state index in [1.165, 1.54) is 0 Å². The molecule has 1 atom stereocenters. The molecule has 0 spiro atoms. The lowest BCUT2D eigenvalue weighted by Crippen LogP contribution is -2.51. The minimum atomic E-state index is -0.690. The minimum absolute atomic E-state index is 0.0218. The van der Waals surface area contributed by atoms with Crippen LogP contribution >= 0.6 is 0 Å². The van der Waals surface area contributed by atoms with Crippen LogP contribution in [0.4, 0.5) is 0 Å². The molecule has 1 aromatic carbocycles. The van der Waals surface area contributed by atoms with E-state index in [2.05, 4.69) is 16.7 Å². The molecule has 1 aromatic rings. The number of amides is 1. The third-order valence-electron chi connectivity index (χ3n) is 4.66. The first-order valence-electron chi connectivity index (χ1n) is 8.80. The highest BCUT2D eigenvalue weighted by atomic mass is 16.2. The zero-order valence-electron chi connectivity index (χ0n) is 14.1. The molecule has 0 radical (unpaired) electrons. The molecule has 0 aromatic heterocycles. The molecule has 1 aliphatic carbocycles. The van der Waals surface area contributed by atoms with Crippen LogP contribution in [0.2, 0.25) is 0 Å². The lowest BCUT2D eigenvalue weighted by Gasteiger charge is -2.31. The average molecular weight is 329 g/mol. The summed E-state index contributed by atoms with van der Waals surface area (Å²) in [5.41, 5.74) is 0.413. The highest BCUT2D eigenvalue weighted by molar-refractivity contribution is 5.79. The predicted molar refractivity (Wildman–Crippen MR) is 93.1 cm³/mol. The van der Waals surface area contributed by atoms with Gasteiger partial charge in [0.2, 0.25) is 5.91 Å². The van der Waals surface area contributed by atoms with Crippen LogP contribution in [0.1, 0.15) is 56.6 Å². The molecular weight excluding hydrogens is 302 g/mol. The van der Waals surface area contributed by atoms with Crippen LogP contribution in [-0.4, -0.2) is 29.7 Å². The van der Waals surface area contributed by atoms with Crippen molar-refractivity contribution in [1.29, 1.82) is 5.26 Å². The Morgan fingerprint density at radius 1 is 1.25 bits per heavy atom. The maximum Gasteiger partial charge on any atom is 0.235 e. The molecule has 1 aliphatic rings. The van der Waals surface area contributed by atoms with E-state index in [4.69, 9.17) is 5.11 Å². The lowest BCUT2D eigenvalue weighted by molar-refractivity contribution is -0.122. The molecule has 5 heteroatoms. The van der Waals surface area contributed by atoms with Crippen molar-refractivity contribution in [3.05, 3.63) is 35.9 Å². The van der Waals surface area contributed by atoms with Crippen molar-refractivity contribution in [1.82, 2.24) is 10.6 Å². The van der Waals surface area contributed by atoms with Crippen LogP contribution in [0.15, 0.2) is 30.3 Å². The number of rotatable bonds is 8. The fourth-order valence-corrected chi connectivity index (χ4v) is 3.31. The smallest absolute Gasteiger partial charge is 0.235 e. The normalized spacial score (nSPS) is 17.7. The van der Waals surface area contributed by atoms with E-state index in [1.807, 2.05) is 30.3 Å². The van der Waals surface area contributed by atoms with Gasteiger partial charge >= 0.3 is 0 Å². The Labute approximate surface area is 144 Å². The van der Waals surface area contributed by atoms with Gasteiger partial charge in [0.1, 0.15) is 5.54 Å². The van der Waals surface area contributed by atoms with E-state index in [9.17, 15) is 10.1 Å². The van der Waals surface area contributed by atoms with Crippen LogP contribution in [0.5, 0.6) is 0 Å². The van der Waals surface area contributed by atoms with Gasteiger partial charge in [-0.2, -0.15) is 5.26 Å². The minimum Gasteiger partial charge on any atom is -0.396 e. The molecule has 1 saturated carbocycles. The molecule has 1 amide bonds. The zero-order chi connectivity index (χ0) is 17.3. The fourth-order valence-electron chi connectivity index (χ4n) is 3.31. The van der Waals surface area contributed by atoms with Gasteiger partial charge in [-0.05, 0) is 31.2 Å². The van der Waals surface area contributed by atoms with E-state index < -0.39 is 5.54 Å². The Kier molecular flexibility index (Phi) is 7.23. The summed E-state index contributed by atoms with van der Waals surface area (Å²) >= 11 is 0. The van der Waals surface area contributed by atoms with E-state index in [-0.39, 0.29) is 25.1 Å². The molecule has 3 N–H and O–H groups in total. The number of aliphatic hydroxyl groups is 1. The number of hydrogen-bond acceptors (Lipinski definition) is 4. The Morgan fingerprint density at radius 3 is 2.58 bits per heavy atom. The standard InChI is InChI=1S/C19H27N3O2/c20-15-19(11-5-2-6-12-19)22-18(24)14-21-17(10-7-13-23)16-8-3-1-4-9-16/h1,3-4,8-9,17,21,23H,2,5-7,10-14H2,(H,22,24). The maximum absolute atomic E-state index is 12.3. The van der Waals surface area contributed by atoms with Crippen molar-refractivity contribution in [3.63, 3.8) is 0 Å². The van der Waals surface area contributed by atoms with Crippen molar-refractivity contribution in [2.24, 2.45) is 0 Å². The van der Waals surface area contributed by atoms with Crippen molar-refractivity contribution in [2.75, 3.05) is 13.2 Å². The summed E-state index contributed by atoms with van der Waals surface area (Å²) in [6, 6.07) is 12.3. The van der Waals surface area contributed by atoms with Crippen molar-refractivity contribution in [3.8, 4) is 6.07 Å². The van der Waals surface area contributed by atoms with Gasteiger partial charge in [-0.3, -0.25) is 4.79 Å². The monoisotopic (exact) mass is 329 g/mol. The highest BCUT2D eigenvalue weighted by Gasteiger charge is 2.33. The van der Waals surface area contributed by atoms with Crippen LogP contribution in [0.3, 0.4) is 0 Å². The summed E-state index contributed by atoms with van der Waals surface area (Å²) in [5.74, 6) is -0.136. The number of nitrogens with zero attached hydrogens (tertiary/aromatic N) is 1. The second-order valence-corrected chi connectivity index (χ2v) is 6.51. The Morgan fingerprint density at radius 2 is 1.96 bits per heavy atom. The highest BCUT2D eigenvalue weighted by Crippen LogP contribution is 2.27. The quantitative estimate of drug-likeness (QED) is 0.684. The number of hydrogen-bond donors (Lipinski definition) is 3. The molecule has 1 unspecified atom stereocenters. The Balaban J connectivity index is 1.91. The fraction of sp³-hybridized carbons (Fsp3) is 0.579. The van der Waals surface area contributed by atoms with Gasteiger partial charge in [-0.1, -0.05) is 49.6 Å². The van der Waals surface area contributed by atoms with Gasteiger partial charge in [-0.25, -0.2) is 0 Å². The number of aliphatic hydroxyl groups excluding tert-OH is 1. The molecule has 0 heterocycles. The first-order chi connectivity index (χ1) is 11.7. The van der Waals surface area contributed by atoms with Gasteiger partial charge < -0.3 is 15.7 Å². The van der Waals surface area contributed by atoms with E-state index >= 15 is 0 Å². The largest absolute Gasteiger partial charge is 0.396 e. The summed E-state index contributed by atoms with van der Waals surface area (Å²) in [5, 5.41) is 24.7. The SMILES string of the molecule is N#CC1(NC(=O)CNC(CCCO)c2ccccc2)CCCCC1. The summed E-state index contributed by atoms with van der Waals surface area (Å²) in [6.07, 6.45) is 6.03. The summed E-state index contributed by atoms with van der Waals surface area (Å²) in [7, 11) is 0. The first kappa shape index (κ1) is 18.4. The number of benzene rings is 1. The molecule has 0 bridgehead atoms. The number of carbonyl (C=O) groups excluding carboxylic acids is 1. The third-order valence-corrected chi connectivity index (χ3v) is 4.66. The predicted octanol–water partition coefficient (Wildman–Crippen LogP) is 2.43. The van der Waals surface area contributed by atoms with Crippen molar-refractivity contribution < 1.29 is 9.90 Å². The summed E-state index contributed by atoms with van der Waals surface area (Å²) < 4.78 is 0. The van der Waals surface area contributed by atoms with Gasteiger partial charge in [0.15, 0.2) is 0 Å². The topological polar surface area (TPSA) is 85.2 Å². The van der Waals surface area contributed by atoms with Crippen molar-refractivity contribution >= 4 is 5.91 Å². The number of nitrogens with one attached hydrogen (secondary N) is 2. The molecule has 24 heavy (non-hydrogen) atoms. The molecular formula is C19H27N3O2. The number of nitriles is 1. The summed E-state index contributed by atoms with van der Waals surface area (Å²) in [6.45, 7) is 0.309. The van der Waals surface area contributed by atoms with E-state index in [1.54, 1.807) is 0 Å². The molecule has 2 rings (SSSR count). The van der Waals surface area contributed by atoms with Gasteiger partial charge in [-0.15, -0.1) is 0 Å². The Bertz CT molecular complexity index is 547. The van der Waals surface area contributed by atoms with Crippen LogP contribution < -0.4 is 10.6 Å². The average Bonchev–Trinajstić information content (AvgIpc) is 2.63. The van der Waals surface area contributed by atoms with Crippen LogP contribution in [0, 0.1) is 11.3 Å². The Hall–Kier alpha value is -1.90. The zero-order valence-corrected chi connectivity index (χ0v) is 14.1. The van der Waals surface area contributed by atoms with E-state index in [0.29, 0.717) is 6.42 Å². The molecule has 130 valence electrons. The summed E-state index contributed by atoms with van der Waals surface area (Å²) in [4.78, 5) is 12.3. The second kappa shape index (κ2) is 9.41. The first-order valence-corrected chi connectivity index (χ1v) is 8.80. The molecule has 1 fully saturated rings. The van der Waals surface area contributed by atoms with Crippen molar-refractivity contribution in [2.45, 2.75) is 56.5 Å². The number of carbonyl (C=O) groups is 1. The third kappa shape index (κ3) is 5.33. The van der Waals surface area contributed by atoms with Crippen LogP contribution in [-0.2, 0) is 4.79 Å². The van der Waals surface area contributed by atoms with E-state index in [0.717, 1.165) is 44.1 Å². The van der Waals surface area contributed by atoms with Gasteiger partial charge in [0.25, 0.3) is 0 Å². The maximum atomic E-state index is 12.3. The van der Waals surface area contributed by atoms with Gasteiger partial charge in [0, 0.05) is 12.6 Å². The van der Waals surface area contributed by atoms with Gasteiger partial charge in [0.05, 0.1) is 12.6 Å². The molecule has 5 nitrogen and oxygen atoms in total. The van der Waals surface area contributed by atoms with Crippen LogP contribution in [0.25, 0.3) is 0 Å². The molecule has 0 aliphatic heterocycles. The second-order valence-electron chi connectivity index (χ2n) is 6.51. The lowest BCUT2D eigenvalue weighted by atomic mass is 9.83. The molecule has 0 saturated heterocycles.